The van der Waals surface area contributed by atoms with Gasteiger partial charge in [-0.3, -0.25) is 14.1 Å². The lowest BCUT2D eigenvalue weighted by Crippen LogP contribution is -2.59. The van der Waals surface area contributed by atoms with Crippen LogP contribution in [-0.4, -0.2) is 38.6 Å². The number of halogens is 1. The van der Waals surface area contributed by atoms with Crippen molar-refractivity contribution in [1.82, 2.24) is 9.80 Å². The number of rotatable bonds is 4. The van der Waals surface area contributed by atoms with E-state index in [0.717, 1.165) is 27.9 Å². The first-order valence-electron chi connectivity index (χ1n) is 11.4. The molecule has 0 aliphatic carbocycles. The number of carbonyl (C=O) groups is 2. The van der Waals surface area contributed by atoms with E-state index in [1.165, 1.54) is 12.1 Å². The Kier molecular flexibility index (Phi) is 4.62. The Morgan fingerprint density at radius 2 is 1.74 bits per heavy atom. The molecule has 3 aromatic carbocycles. The van der Waals surface area contributed by atoms with Crippen LogP contribution in [0.3, 0.4) is 0 Å². The van der Waals surface area contributed by atoms with Gasteiger partial charge in [-0.15, -0.1) is 0 Å². The quantitative estimate of drug-likeness (QED) is 0.585. The highest BCUT2D eigenvalue weighted by Crippen LogP contribution is 2.56. The first-order chi connectivity index (χ1) is 16.4. The molecule has 0 spiro atoms. The van der Waals surface area contributed by atoms with E-state index in [1.807, 2.05) is 36.4 Å². The van der Waals surface area contributed by atoms with Gasteiger partial charge in [0.1, 0.15) is 30.2 Å². The van der Waals surface area contributed by atoms with E-state index in [4.69, 9.17) is 4.74 Å². The van der Waals surface area contributed by atoms with Gasteiger partial charge in [0.2, 0.25) is 0 Å². The minimum absolute atomic E-state index is 0.125. The van der Waals surface area contributed by atoms with Crippen molar-refractivity contribution in [2.24, 2.45) is 0 Å². The van der Waals surface area contributed by atoms with Gasteiger partial charge in [-0.2, -0.15) is 0 Å². The molecule has 34 heavy (non-hydrogen) atoms. The summed E-state index contributed by atoms with van der Waals surface area (Å²) >= 11 is 0. The number of nitrogens with zero attached hydrogens (tertiary/aromatic N) is 1. The van der Waals surface area contributed by atoms with Crippen LogP contribution in [0.5, 0.6) is 0 Å². The molecule has 0 saturated carbocycles. The lowest BCUT2D eigenvalue weighted by atomic mass is 9.85. The molecule has 7 heteroatoms. The molecule has 0 aromatic heterocycles. The Morgan fingerprint density at radius 3 is 2.50 bits per heavy atom. The van der Waals surface area contributed by atoms with Crippen LogP contribution in [-0.2, 0) is 14.3 Å². The molecule has 6 nitrogen and oxygen atoms in total. The molecule has 0 bridgehead atoms. The predicted molar refractivity (Wildman–Crippen MR) is 127 cm³/mol. The summed E-state index contributed by atoms with van der Waals surface area (Å²) < 4.78 is 19.9. The number of nitrogens with one attached hydrogen (secondary N) is 2. The summed E-state index contributed by atoms with van der Waals surface area (Å²) in [5.41, 5.74) is 5.55. The lowest BCUT2D eigenvalue weighted by molar-refractivity contribution is -0.129. The number of hydrogen-bond donors (Lipinski definition) is 2. The van der Waals surface area contributed by atoms with Crippen LogP contribution in [0, 0.1) is 5.82 Å². The normalized spacial score (nSPS) is 28.4. The molecule has 3 aromatic rings. The molecule has 5 atom stereocenters. The van der Waals surface area contributed by atoms with E-state index in [2.05, 4.69) is 23.7 Å². The van der Waals surface area contributed by atoms with E-state index >= 15 is 0 Å². The highest BCUT2D eigenvalue weighted by Gasteiger charge is 2.60. The van der Waals surface area contributed by atoms with Crippen LogP contribution in [0.15, 0.2) is 66.7 Å². The minimum Gasteiger partial charge on any atom is -0.371 e. The number of amides is 2. The van der Waals surface area contributed by atoms with Crippen molar-refractivity contribution in [3.8, 4) is 0 Å². The summed E-state index contributed by atoms with van der Waals surface area (Å²) in [5, 5.41) is 5.89. The summed E-state index contributed by atoms with van der Waals surface area (Å²) in [7, 11) is 3.74. The van der Waals surface area contributed by atoms with Gasteiger partial charge < -0.3 is 15.4 Å². The summed E-state index contributed by atoms with van der Waals surface area (Å²) in [6, 6.07) is 18.5. The van der Waals surface area contributed by atoms with Crippen molar-refractivity contribution in [2.45, 2.75) is 24.1 Å². The second-order valence-corrected chi connectivity index (χ2v) is 9.45. The fourth-order valence-electron chi connectivity index (χ4n) is 6.19. The third-order valence-corrected chi connectivity index (χ3v) is 7.63. The molecule has 3 aliphatic rings. The number of hydrogen-bond acceptors (Lipinski definition) is 3. The number of carbonyl (C=O) groups excluding carboxylic acids is 2. The van der Waals surface area contributed by atoms with Crippen molar-refractivity contribution in [3.05, 3.63) is 94.8 Å². The second-order valence-electron chi connectivity index (χ2n) is 9.45. The van der Waals surface area contributed by atoms with E-state index in [-0.39, 0.29) is 29.7 Å². The van der Waals surface area contributed by atoms with Gasteiger partial charge in [0, 0.05) is 29.5 Å². The maximum absolute atomic E-state index is 14.0. The number of likely N-dealkylation sites (N-methyl/N-ethyl adjacent to an activating group) is 1. The summed E-state index contributed by atoms with van der Waals surface area (Å²) in [6.45, 7) is 0.603. The average molecular weight is 459 g/mol. The molecule has 0 fully saturated rings. The fraction of sp³-hybridized carbons (Fsp3) is 0.259. The third-order valence-electron chi connectivity index (χ3n) is 7.63. The number of para-hydroxylation sites is 2. The number of fused-ring (bicyclic) bond motifs is 1. The maximum atomic E-state index is 14.0. The molecule has 3 heterocycles. The van der Waals surface area contributed by atoms with Gasteiger partial charge in [0.25, 0.3) is 11.8 Å². The molecule has 4 unspecified atom stereocenters. The monoisotopic (exact) mass is 458 g/mol. The van der Waals surface area contributed by atoms with Crippen LogP contribution in [0.4, 0.5) is 15.8 Å². The molecular weight excluding hydrogens is 433 g/mol. The highest BCUT2D eigenvalue weighted by atomic mass is 19.1. The third kappa shape index (κ3) is 2.87. The van der Waals surface area contributed by atoms with Crippen LogP contribution >= 0.6 is 0 Å². The number of anilines is 1. The van der Waals surface area contributed by atoms with E-state index in [0.29, 0.717) is 16.7 Å². The van der Waals surface area contributed by atoms with Crippen molar-refractivity contribution >= 4 is 23.2 Å². The van der Waals surface area contributed by atoms with Gasteiger partial charge in [0.15, 0.2) is 6.04 Å². The Labute approximate surface area is 196 Å². The first-order valence-corrected chi connectivity index (χ1v) is 11.4. The number of methoxy groups -OCH3 is 1. The Bertz CT molecular complexity index is 1320. The number of benzene rings is 3. The van der Waals surface area contributed by atoms with Crippen LogP contribution < -0.4 is 15.1 Å². The van der Waals surface area contributed by atoms with Gasteiger partial charge in [-0.05, 0) is 23.8 Å². The zero-order valence-corrected chi connectivity index (χ0v) is 18.9. The standard InChI is InChI=1S/C27H24FN3O3/c1-31-14-21(34-2)18-7-5-8-19(24(18)31)22(15-10-12-16(28)13-11-15)25(31)27(33)30-23-17-6-3-4-9-20(17)29-26(23)32/h3-13,21-23,25H,14H2,1-2H3,(H-,29,30,32,33)/p+1/t21?,22?,23?,25?,31-/m1/s1. The van der Waals surface area contributed by atoms with Crippen LogP contribution in [0.2, 0.25) is 0 Å². The van der Waals surface area contributed by atoms with Crippen molar-refractivity contribution in [1.29, 1.82) is 0 Å². The molecule has 172 valence electrons. The van der Waals surface area contributed by atoms with Crippen LogP contribution in [0.25, 0.3) is 0 Å². The van der Waals surface area contributed by atoms with Crippen molar-refractivity contribution < 1.29 is 18.7 Å². The van der Waals surface area contributed by atoms with Crippen molar-refractivity contribution in [3.63, 3.8) is 0 Å². The Morgan fingerprint density at radius 1 is 1.03 bits per heavy atom. The van der Waals surface area contributed by atoms with E-state index in [9.17, 15) is 14.0 Å². The summed E-state index contributed by atoms with van der Waals surface area (Å²) in [5.74, 6) is -1.06. The van der Waals surface area contributed by atoms with Gasteiger partial charge in [-0.1, -0.05) is 48.5 Å². The molecule has 0 saturated heterocycles. The zero-order valence-electron chi connectivity index (χ0n) is 18.9. The average Bonchev–Trinajstić information content (AvgIpc) is 3.41. The van der Waals surface area contributed by atoms with Gasteiger partial charge in [0.05, 0.1) is 13.0 Å². The lowest BCUT2D eigenvalue weighted by Gasteiger charge is -2.35. The summed E-state index contributed by atoms with van der Waals surface area (Å²) in [6.07, 6.45) is -0.125. The number of quaternary nitrogens is 1. The Balaban J connectivity index is 1.45. The Hall–Kier alpha value is -3.55. The molecule has 0 radical (unpaired) electrons. The molecule has 6 rings (SSSR count). The number of ether oxygens (including phenoxy) is 1. The molecule has 2 N–H and O–H groups in total. The van der Waals surface area contributed by atoms with Crippen molar-refractivity contribution in [2.75, 3.05) is 26.0 Å². The van der Waals surface area contributed by atoms with E-state index < -0.39 is 12.1 Å². The van der Waals surface area contributed by atoms with Gasteiger partial charge in [-0.25, -0.2) is 4.39 Å². The first kappa shape index (κ1) is 21.0. The largest absolute Gasteiger partial charge is 0.371 e. The molecule has 2 amide bonds. The fourth-order valence-corrected chi connectivity index (χ4v) is 6.19. The molecular formula is C27H25FN3O3+. The minimum atomic E-state index is -0.756. The second kappa shape index (κ2) is 7.48. The zero-order chi connectivity index (χ0) is 23.6. The van der Waals surface area contributed by atoms with Gasteiger partial charge >= 0.3 is 0 Å². The van der Waals surface area contributed by atoms with E-state index in [1.54, 1.807) is 19.2 Å². The molecule has 3 aliphatic heterocycles. The smallest absolute Gasteiger partial charge is 0.280 e. The topological polar surface area (TPSA) is 67.4 Å². The van der Waals surface area contributed by atoms with Crippen LogP contribution in [0.1, 0.15) is 40.3 Å². The predicted octanol–water partition coefficient (Wildman–Crippen LogP) is 3.79. The highest BCUT2D eigenvalue weighted by molar-refractivity contribution is 6.05. The SMILES string of the molecule is COC1C[N@+]2(C)c3c1cccc3C(c1ccc(F)cc1)C2C(=O)NC1C(=O)Nc2ccccc21. The maximum Gasteiger partial charge on any atom is 0.280 e. The summed E-state index contributed by atoms with van der Waals surface area (Å²) in [4.78, 5) is 26.8.